The quantitative estimate of drug-likeness (QED) is 0.379. The van der Waals surface area contributed by atoms with Crippen molar-refractivity contribution in [3.63, 3.8) is 0 Å². The van der Waals surface area contributed by atoms with Gasteiger partial charge < -0.3 is 14.7 Å². The molecule has 3 aromatic carbocycles. The third-order valence-electron chi connectivity index (χ3n) is 9.18. The molecule has 9 heteroatoms. The van der Waals surface area contributed by atoms with Crippen LogP contribution in [0.5, 0.6) is 5.75 Å². The van der Waals surface area contributed by atoms with Gasteiger partial charge in [-0.05, 0) is 74.9 Å². The molecule has 2 atom stereocenters. The lowest BCUT2D eigenvalue weighted by Gasteiger charge is -2.46. The number of rotatable bonds is 9. The summed E-state index contributed by atoms with van der Waals surface area (Å²) < 4.78 is 36.1. The lowest BCUT2D eigenvalue weighted by molar-refractivity contribution is -0.132. The highest BCUT2D eigenvalue weighted by atomic mass is 32.2. The van der Waals surface area contributed by atoms with Gasteiger partial charge in [-0.1, -0.05) is 54.1 Å². The summed E-state index contributed by atoms with van der Waals surface area (Å²) in [6, 6.07) is 22.0. The van der Waals surface area contributed by atoms with Crippen LogP contribution in [0, 0.1) is 12.8 Å². The highest BCUT2D eigenvalue weighted by molar-refractivity contribution is 7.89. The molecule has 1 amide bonds. The Morgan fingerprint density at radius 3 is 2.30 bits per heavy atom. The normalized spacial score (nSPS) is 22.0. The van der Waals surface area contributed by atoms with E-state index in [9.17, 15) is 18.3 Å². The molecule has 1 saturated carbocycles. The SMILES string of the molecule is Cc1ccc(S(=O)(=O)N(CC2CC2)[C@@H]2c3cc(CC(=O)N4CCN(Cc5ccccc5)CC4)ccc3OC(C)(C)[C@H]2O)cc1. The van der Waals surface area contributed by atoms with Gasteiger partial charge in [-0.2, -0.15) is 4.31 Å². The van der Waals surface area contributed by atoms with Gasteiger partial charge in [-0.15, -0.1) is 0 Å². The van der Waals surface area contributed by atoms with Gasteiger partial charge in [-0.25, -0.2) is 8.42 Å². The van der Waals surface area contributed by atoms with Gasteiger partial charge in [0.1, 0.15) is 17.5 Å². The lowest BCUT2D eigenvalue weighted by Crippen LogP contribution is -2.55. The van der Waals surface area contributed by atoms with Gasteiger partial charge in [0.2, 0.25) is 15.9 Å². The van der Waals surface area contributed by atoms with Crippen molar-refractivity contribution in [1.82, 2.24) is 14.1 Å². The van der Waals surface area contributed by atoms with Gasteiger partial charge >= 0.3 is 0 Å². The Kier molecular flexibility index (Phi) is 8.58. The molecule has 3 aliphatic rings. The number of carbonyl (C=O) groups is 1. The Balaban J connectivity index is 1.24. The highest BCUT2D eigenvalue weighted by Gasteiger charge is 2.50. The first-order valence-corrected chi connectivity index (χ1v) is 17.1. The van der Waals surface area contributed by atoms with Crippen LogP contribution in [0.2, 0.25) is 0 Å². The van der Waals surface area contributed by atoms with Crippen LogP contribution < -0.4 is 4.74 Å². The molecule has 2 aliphatic heterocycles. The summed E-state index contributed by atoms with van der Waals surface area (Å²) in [4.78, 5) is 17.9. The molecule has 44 heavy (non-hydrogen) atoms. The molecule has 3 aromatic rings. The smallest absolute Gasteiger partial charge is 0.243 e. The summed E-state index contributed by atoms with van der Waals surface area (Å²) in [7, 11) is -3.94. The minimum atomic E-state index is -3.94. The van der Waals surface area contributed by atoms with Crippen LogP contribution >= 0.6 is 0 Å². The van der Waals surface area contributed by atoms with E-state index in [-0.39, 0.29) is 23.1 Å². The van der Waals surface area contributed by atoms with Crippen molar-refractivity contribution >= 4 is 15.9 Å². The van der Waals surface area contributed by atoms with Crippen molar-refractivity contribution in [2.24, 2.45) is 5.92 Å². The number of piperazine rings is 1. The molecule has 0 spiro atoms. The van der Waals surface area contributed by atoms with Gasteiger partial charge in [0, 0.05) is 44.8 Å². The van der Waals surface area contributed by atoms with E-state index < -0.39 is 27.8 Å². The minimum absolute atomic E-state index is 0.0422. The van der Waals surface area contributed by atoms with Crippen molar-refractivity contribution in [3.8, 4) is 5.75 Å². The molecule has 8 nitrogen and oxygen atoms in total. The molecule has 0 aromatic heterocycles. The zero-order chi connectivity index (χ0) is 31.1. The highest BCUT2D eigenvalue weighted by Crippen LogP contribution is 2.46. The number of sulfonamides is 1. The number of aliphatic hydroxyl groups is 1. The van der Waals surface area contributed by atoms with Crippen molar-refractivity contribution in [3.05, 3.63) is 95.1 Å². The number of aryl methyl sites for hydroxylation is 1. The Morgan fingerprint density at radius 2 is 1.64 bits per heavy atom. The van der Waals surface area contributed by atoms with E-state index in [1.807, 2.05) is 48.2 Å². The molecule has 0 unspecified atom stereocenters. The Hall–Kier alpha value is -3.24. The number of ether oxygens (including phenoxy) is 1. The largest absolute Gasteiger partial charge is 0.485 e. The van der Waals surface area contributed by atoms with Gasteiger partial charge in [0.25, 0.3) is 0 Å². The molecule has 0 bridgehead atoms. The number of benzene rings is 3. The van der Waals surface area contributed by atoms with Crippen LogP contribution in [0.15, 0.2) is 77.7 Å². The first kappa shape index (κ1) is 30.8. The molecule has 1 N–H and O–H groups in total. The number of amides is 1. The number of carbonyl (C=O) groups excluding carboxylic acids is 1. The maximum absolute atomic E-state index is 14.2. The maximum atomic E-state index is 14.2. The van der Waals surface area contributed by atoms with Crippen molar-refractivity contribution in [1.29, 1.82) is 0 Å². The summed E-state index contributed by atoms with van der Waals surface area (Å²) >= 11 is 0. The van der Waals surface area contributed by atoms with Crippen LogP contribution in [0.3, 0.4) is 0 Å². The Morgan fingerprint density at radius 1 is 0.955 bits per heavy atom. The second kappa shape index (κ2) is 12.3. The van der Waals surface area contributed by atoms with E-state index in [1.165, 1.54) is 9.87 Å². The van der Waals surface area contributed by atoms with E-state index in [4.69, 9.17) is 4.74 Å². The van der Waals surface area contributed by atoms with E-state index >= 15 is 0 Å². The van der Waals surface area contributed by atoms with Crippen LogP contribution in [0.4, 0.5) is 0 Å². The first-order chi connectivity index (χ1) is 21.0. The molecule has 1 aliphatic carbocycles. The van der Waals surface area contributed by atoms with Crippen LogP contribution in [0.25, 0.3) is 0 Å². The fourth-order valence-corrected chi connectivity index (χ4v) is 7.97. The van der Waals surface area contributed by atoms with Gasteiger partial charge in [0.05, 0.1) is 17.4 Å². The van der Waals surface area contributed by atoms with Gasteiger partial charge in [-0.3, -0.25) is 9.69 Å². The average Bonchev–Trinajstić information content (AvgIpc) is 3.83. The van der Waals surface area contributed by atoms with Crippen LogP contribution in [0.1, 0.15) is 55.0 Å². The molecule has 0 radical (unpaired) electrons. The first-order valence-electron chi connectivity index (χ1n) is 15.6. The van der Waals surface area contributed by atoms with Crippen molar-refractivity contribution in [2.45, 2.75) is 69.2 Å². The molecular weight excluding hydrogens is 574 g/mol. The molecule has 234 valence electrons. The predicted octanol–water partition coefficient (Wildman–Crippen LogP) is 4.56. The van der Waals surface area contributed by atoms with Gasteiger partial charge in [0.15, 0.2) is 0 Å². The summed E-state index contributed by atoms with van der Waals surface area (Å²) in [6.45, 7) is 9.66. The van der Waals surface area contributed by atoms with Crippen molar-refractivity contribution in [2.75, 3.05) is 32.7 Å². The van der Waals surface area contributed by atoms with E-state index in [2.05, 4.69) is 17.0 Å². The van der Waals surface area contributed by atoms with Crippen LogP contribution in [-0.4, -0.2) is 78.0 Å². The molecule has 6 rings (SSSR count). The predicted molar refractivity (Wildman–Crippen MR) is 170 cm³/mol. The summed E-state index contributed by atoms with van der Waals surface area (Å²) in [5.41, 5.74) is 2.61. The molecule has 2 heterocycles. The summed E-state index contributed by atoms with van der Waals surface area (Å²) in [5.74, 6) is 0.832. The standard InChI is InChI=1S/C35H43N3O5S/c1-25-9-14-29(15-10-25)44(41,42)38(24-27-11-12-27)33-30-21-28(13-16-31(30)43-35(2,3)34(33)40)22-32(39)37-19-17-36(18-20-37)23-26-7-5-4-6-8-26/h4-10,13-16,21,27,33-34,40H,11-12,17-20,22-24H2,1-3H3/t33-,34+/m1/s1. The number of hydrogen-bond donors (Lipinski definition) is 1. The number of nitrogens with zero attached hydrogens (tertiary/aromatic N) is 3. The molecule has 1 saturated heterocycles. The zero-order valence-corrected chi connectivity index (χ0v) is 26.7. The summed E-state index contributed by atoms with van der Waals surface area (Å²) in [5, 5.41) is 11.7. The average molecular weight is 618 g/mol. The molecule has 2 fully saturated rings. The lowest BCUT2D eigenvalue weighted by atomic mass is 9.85. The van der Waals surface area contributed by atoms with E-state index in [1.54, 1.807) is 38.1 Å². The zero-order valence-electron chi connectivity index (χ0n) is 25.9. The summed E-state index contributed by atoms with van der Waals surface area (Å²) in [6.07, 6.45) is 1.01. The number of hydrogen-bond acceptors (Lipinski definition) is 6. The third-order valence-corrected chi connectivity index (χ3v) is 11.0. The Labute approximate surface area is 261 Å². The second-order valence-corrected chi connectivity index (χ2v) is 15.0. The topological polar surface area (TPSA) is 90.4 Å². The van der Waals surface area contributed by atoms with E-state index in [0.29, 0.717) is 30.9 Å². The third kappa shape index (κ3) is 6.56. The maximum Gasteiger partial charge on any atom is 0.243 e. The Bertz CT molecular complexity index is 1580. The minimum Gasteiger partial charge on any atom is -0.485 e. The van der Waals surface area contributed by atoms with Crippen molar-refractivity contribution < 1.29 is 23.1 Å². The molecular formula is C35H43N3O5S. The fraction of sp³-hybridized carbons (Fsp3) is 0.457. The monoisotopic (exact) mass is 617 g/mol. The fourth-order valence-electron chi connectivity index (χ4n) is 6.28. The number of fused-ring (bicyclic) bond motifs is 1. The second-order valence-electron chi connectivity index (χ2n) is 13.1. The van der Waals surface area contributed by atoms with E-state index in [0.717, 1.165) is 43.6 Å². The van der Waals surface area contributed by atoms with Crippen LogP contribution in [-0.2, 0) is 27.8 Å². The number of aliphatic hydroxyl groups excluding tert-OH is 1.